The van der Waals surface area contributed by atoms with E-state index >= 15 is 0 Å². The second-order valence-electron chi connectivity index (χ2n) is 5.90. The van der Waals surface area contributed by atoms with Crippen molar-refractivity contribution < 1.29 is 20.1 Å². The van der Waals surface area contributed by atoms with Gasteiger partial charge in [0.25, 0.3) is 0 Å². The van der Waals surface area contributed by atoms with Gasteiger partial charge in [0.2, 0.25) is 0 Å². The van der Waals surface area contributed by atoms with Crippen LogP contribution in [-0.2, 0) is 4.79 Å². The molecule has 0 heterocycles. The van der Waals surface area contributed by atoms with E-state index in [9.17, 15) is 20.1 Å². The van der Waals surface area contributed by atoms with Crippen LogP contribution in [0.4, 0.5) is 0 Å². The van der Waals surface area contributed by atoms with Crippen LogP contribution >= 0.6 is 0 Å². The van der Waals surface area contributed by atoms with E-state index in [0.717, 1.165) is 31.2 Å². The van der Waals surface area contributed by atoms with Gasteiger partial charge in [-0.3, -0.25) is 4.79 Å². The third-order valence-corrected chi connectivity index (χ3v) is 4.34. The molecular weight excluding hydrogens is 270 g/mol. The van der Waals surface area contributed by atoms with Crippen molar-refractivity contribution in [3.05, 3.63) is 23.8 Å². The molecule has 3 atom stereocenters. The third-order valence-electron chi connectivity index (χ3n) is 4.34. The highest BCUT2D eigenvalue weighted by atomic mass is 16.4. The second kappa shape index (κ2) is 6.80. The fraction of sp³-hybridized carbons (Fsp3) is 0.562. The normalized spacial score (nSPS) is 23.7. The van der Waals surface area contributed by atoms with Gasteiger partial charge in [0, 0.05) is 12.1 Å². The van der Waals surface area contributed by atoms with Gasteiger partial charge in [-0.2, -0.15) is 0 Å². The van der Waals surface area contributed by atoms with E-state index in [-0.39, 0.29) is 29.4 Å². The molecule has 0 bridgehead atoms. The predicted octanol–water partition coefficient (Wildman–Crippen LogP) is 2.64. The third kappa shape index (κ3) is 4.11. The van der Waals surface area contributed by atoms with Crippen molar-refractivity contribution in [2.24, 2.45) is 11.8 Å². The molecule has 1 aromatic carbocycles. The maximum absolute atomic E-state index is 11.3. The number of carboxylic acids is 1. The summed E-state index contributed by atoms with van der Waals surface area (Å²) in [5, 5.41) is 31.6. The van der Waals surface area contributed by atoms with Crippen LogP contribution in [-0.4, -0.2) is 27.8 Å². The highest BCUT2D eigenvalue weighted by Gasteiger charge is 2.30. The Kier molecular flexibility index (Phi) is 5.07. The molecule has 21 heavy (non-hydrogen) atoms. The number of phenolic OH excluding ortho intramolecular Hbond substituents is 2. The van der Waals surface area contributed by atoms with Crippen molar-refractivity contribution in [2.45, 2.75) is 38.6 Å². The topological polar surface area (TPSA) is 89.8 Å². The first kappa shape index (κ1) is 15.6. The summed E-state index contributed by atoms with van der Waals surface area (Å²) in [4.78, 5) is 11.3. The Morgan fingerprint density at radius 1 is 1.24 bits per heavy atom. The summed E-state index contributed by atoms with van der Waals surface area (Å²) >= 11 is 0. The molecule has 1 fully saturated rings. The van der Waals surface area contributed by atoms with Crippen LogP contribution in [0.3, 0.4) is 0 Å². The summed E-state index contributed by atoms with van der Waals surface area (Å²) in [6, 6.07) is 4.44. The zero-order valence-corrected chi connectivity index (χ0v) is 12.2. The van der Waals surface area contributed by atoms with E-state index in [4.69, 9.17) is 0 Å². The monoisotopic (exact) mass is 293 g/mol. The Morgan fingerprint density at radius 2 is 1.86 bits per heavy atom. The van der Waals surface area contributed by atoms with Gasteiger partial charge in [-0.1, -0.05) is 12.8 Å². The summed E-state index contributed by atoms with van der Waals surface area (Å²) in [7, 11) is 0. The van der Waals surface area contributed by atoms with E-state index in [0.29, 0.717) is 6.54 Å². The molecule has 1 aliphatic rings. The molecule has 1 aromatic rings. The number of aromatic hydroxyl groups is 2. The van der Waals surface area contributed by atoms with Gasteiger partial charge in [0.05, 0.1) is 5.92 Å². The Balaban J connectivity index is 1.96. The molecule has 0 amide bonds. The average Bonchev–Trinajstić information content (AvgIpc) is 2.43. The standard InChI is InChI=1S/C16H23NO4/c1-10(12-6-13(18)8-14(19)7-12)17-9-11-4-2-3-5-15(11)16(20)21/h6-8,10-11,15,17-19H,2-5,9H2,1H3,(H,20,21). The maximum Gasteiger partial charge on any atom is 0.306 e. The first-order valence-electron chi connectivity index (χ1n) is 7.46. The Morgan fingerprint density at radius 3 is 2.48 bits per heavy atom. The number of benzene rings is 1. The number of carbonyl (C=O) groups is 1. The lowest BCUT2D eigenvalue weighted by Gasteiger charge is -2.30. The Bertz CT molecular complexity index is 483. The highest BCUT2D eigenvalue weighted by Crippen LogP contribution is 2.31. The van der Waals surface area contributed by atoms with Gasteiger partial charge >= 0.3 is 5.97 Å². The van der Waals surface area contributed by atoms with Crippen LogP contribution in [0.15, 0.2) is 18.2 Å². The van der Waals surface area contributed by atoms with Gasteiger partial charge in [-0.05, 0) is 49.9 Å². The minimum atomic E-state index is -0.704. The lowest BCUT2D eigenvalue weighted by atomic mass is 9.79. The van der Waals surface area contributed by atoms with Crippen molar-refractivity contribution in [3.63, 3.8) is 0 Å². The van der Waals surface area contributed by atoms with Crippen molar-refractivity contribution in [2.75, 3.05) is 6.54 Å². The minimum absolute atomic E-state index is 0.0275. The van der Waals surface area contributed by atoms with Gasteiger partial charge in [-0.15, -0.1) is 0 Å². The lowest BCUT2D eigenvalue weighted by molar-refractivity contribution is -0.144. The molecule has 1 aliphatic carbocycles. The molecule has 0 aliphatic heterocycles. The number of aliphatic carboxylic acids is 1. The zero-order valence-electron chi connectivity index (χ0n) is 12.2. The first-order valence-corrected chi connectivity index (χ1v) is 7.46. The second-order valence-corrected chi connectivity index (χ2v) is 5.90. The Hall–Kier alpha value is -1.75. The van der Waals surface area contributed by atoms with Crippen molar-refractivity contribution in [1.29, 1.82) is 0 Å². The smallest absolute Gasteiger partial charge is 0.306 e. The number of rotatable bonds is 5. The van der Waals surface area contributed by atoms with Gasteiger partial charge in [0.1, 0.15) is 11.5 Å². The molecule has 0 saturated heterocycles. The molecule has 116 valence electrons. The van der Waals surface area contributed by atoms with Crippen LogP contribution in [0.1, 0.15) is 44.2 Å². The summed E-state index contributed by atoms with van der Waals surface area (Å²) in [6.45, 7) is 2.57. The highest BCUT2D eigenvalue weighted by molar-refractivity contribution is 5.70. The molecule has 5 heteroatoms. The molecule has 1 saturated carbocycles. The summed E-state index contributed by atoms with van der Waals surface area (Å²) in [5.41, 5.74) is 0.787. The Labute approximate surface area is 124 Å². The molecule has 3 unspecified atom stereocenters. The summed E-state index contributed by atoms with van der Waals surface area (Å²) in [5.74, 6) is -0.774. The van der Waals surface area contributed by atoms with E-state index in [1.165, 1.54) is 6.07 Å². The number of hydrogen-bond acceptors (Lipinski definition) is 4. The number of phenols is 2. The van der Waals surface area contributed by atoms with Crippen molar-refractivity contribution in [3.8, 4) is 11.5 Å². The van der Waals surface area contributed by atoms with Crippen LogP contribution in [0, 0.1) is 11.8 Å². The predicted molar refractivity (Wildman–Crippen MR) is 79.3 cm³/mol. The SMILES string of the molecule is CC(NCC1CCCCC1C(=O)O)c1cc(O)cc(O)c1. The van der Waals surface area contributed by atoms with E-state index in [2.05, 4.69) is 5.32 Å². The van der Waals surface area contributed by atoms with Gasteiger partial charge in [0.15, 0.2) is 0 Å². The number of carboxylic acid groups (broad SMARTS) is 1. The van der Waals surface area contributed by atoms with Crippen molar-refractivity contribution in [1.82, 2.24) is 5.32 Å². The number of nitrogens with one attached hydrogen (secondary N) is 1. The van der Waals surface area contributed by atoms with Crippen LogP contribution < -0.4 is 5.32 Å². The zero-order chi connectivity index (χ0) is 15.4. The van der Waals surface area contributed by atoms with Crippen LogP contribution in [0.2, 0.25) is 0 Å². The van der Waals surface area contributed by atoms with Crippen LogP contribution in [0.5, 0.6) is 11.5 Å². The fourth-order valence-electron chi connectivity index (χ4n) is 3.09. The average molecular weight is 293 g/mol. The van der Waals surface area contributed by atoms with E-state index < -0.39 is 5.97 Å². The minimum Gasteiger partial charge on any atom is -0.508 e. The summed E-state index contributed by atoms with van der Waals surface area (Å²) in [6.07, 6.45) is 3.76. The quantitative estimate of drug-likeness (QED) is 0.670. The van der Waals surface area contributed by atoms with Crippen LogP contribution in [0.25, 0.3) is 0 Å². The maximum atomic E-state index is 11.3. The van der Waals surface area contributed by atoms with E-state index in [1.807, 2.05) is 6.92 Å². The lowest BCUT2D eigenvalue weighted by Crippen LogP contribution is -2.35. The van der Waals surface area contributed by atoms with Gasteiger partial charge in [-0.25, -0.2) is 0 Å². The molecule has 5 nitrogen and oxygen atoms in total. The number of hydrogen-bond donors (Lipinski definition) is 4. The molecule has 4 N–H and O–H groups in total. The molecule has 2 rings (SSSR count). The van der Waals surface area contributed by atoms with Gasteiger partial charge < -0.3 is 20.6 Å². The molecule has 0 spiro atoms. The largest absolute Gasteiger partial charge is 0.508 e. The first-order chi connectivity index (χ1) is 9.97. The molecule has 0 aromatic heterocycles. The summed E-state index contributed by atoms with van der Waals surface area (Å²) < 4.78 is 0. The molecular formula is C16H23NO4. The molecule has 0 radical (unpaired) electrons. The fourth-order valence-corrected chi connectivity index (χ4v) is 3.09. The van der Waals surface area contributed by atoms with E-state index in [1.54, 1.807) is 12.1 Å². The van der Waals surface area contributed by atoms with Crippen molar-refractivity contribution >= 4 is 5.97 Å².